The maximum atomic E-state index is 11.6. The summed E-state index contributed by atoms with van der Waals surface area (Å²) in [5.41, 5.74) is 5.74. The molecule has 2 N–H and O–H groups in total. The van der Waals surface area contributed by atoms with Crippen molar-refractivity contribution in [3.8, 4) is 0 Å². The molecule has 4 heteroatoms. The lowest BCUT2D eigenvalue weighted by molar-refractivity contribution is 0.232. The minimum Gasteiger partial charge on any atom is -0.328 e. The Hall–Kier alpha value is -0.610. The molecular weight excluding hydrogens is 244 g/mol. The lowest BCUT2D eigenvalue weighted by Gasteiger charge is -2.32. The molecule has 0 amide bonds. The van der Waals surface area contributed by atoms with Crippen LogP contribution in [0.2, 0.25) is 0 Å². The van der Waals surface area contributed by atoms with E-state index in [-0.39, 0.29) is 5.56 Å². The summed E-state index contributed by atoms with van der Waals surface area (Å²) in [6.07, 6.45) is 3.91. The van der Waals surface area contributed by atoms with Crippen LogP contribution in [0.1, 0.15) is 12.8 Å². The normalized spacial score (nSPS) is 25.9. The Bertz CT molecular complexity index is 382. The third-order valence-electron chi connectivity index (χ3n) is 2.70. The predicted octanol–water partition coefficient (Wildman–Crippen LogP) is 1.35. The van der Waals surface area contributed by atoms with Gasteiger partial charge in [0, 0.05) is 18.8 Å². The van der Waals surface area contributed by atoms with Crippen LogP contribution in [0.15, 0.2) is 27.6 Å². The lowest BCUT2D eigenvalue weighted by Crippen LogP contribution is -2.39. The molecule has 1 heterocycles. The number of hydrogen-bond donors (Lipinski definition) is 1. The fraction of sp³-hybridized carbons (Fsp3) is 0.500. The Morgan fingerprint density at radius 1 is 1.57 bits per heavy atom. The largest absolute Gasteiger partial charge is 0.328 e. The van der Waals surface area contributed by atoms with Gasteiger partial charge in [-0.2, -0.15) is 0 Å². The Balaban J connectivity index is 2.10. The van der Waals surface area contributed by atoms with Crippen molar-refractivity contribution in [3.63, 3.8) is 0 Å². The Morgan fingerprint density at radius 3 is 2.93 bits per heavy atom. The van der Waals surface area contributed by atoms with Crippen LogP contribution in [-0.2, 0) is 6.54 Å². The molecule has 0 saturated heterocycles. The first-order valence-electron chi connectivity index (χ1n) is 4.77. The molecule has 0 radical (unpaired) electrons. The highest BCUT2D eigenvalue weighted by Crippen LogP contribution is 2.26. The zero-order valence-electron chi connectivity index (χ0n) is 7.82. The molecule has 1 aromatic heterocycles. The van der Waals surface area contributed by atoms with Gasteiger partial charge in [-0.15, -0.1) is 0 Å². The van der Waals surface area contributed by atoms with Gasteiger partial charge in [-0.1, -0.05) is 0 Å². The number of nitrogens with two attached hydrogens (primary N) is 1. The number of rotatable bonds is 2. The van der Waals surface area contributed by atoms with Crippen molar-refractivity contribution in [2.75, 3.05) is 0 Å². The zero-order valence-corrected chi connectivity index (χ0v) is 9.40. The summed E-state index contributed by atoms with van der Waals surface area (Å²) in [5, 5.41) is 0. The second kappa shape index (κ2) is 3.87. The molecule has 1 aromatic rings. The molecule has 3 nitrogen and oxygen atoms in total. The summed E-state index contributed by atoms with van der Waals surface area (Å²) >= 11 is 3.23. The van der Waals surface area contributed by atoms with Crippen molar-refractivity contribution >= 4 is 15.9 Å². The van der Waals surface area contributed by atoms with Gasteiger partial charge in [-0.3, -0.25) is 4.79 Å². The van der Waals surface area contributed by atoms with Crippen LogP contribution in [0, 0.1) is 5.92 Å². The number of aromatic nitrogens is 1. The molecule has 76 valence electrons. The monoisotopic (exact) mass is 256 g/mol. The summed E-state index contributed by atoms with van der Waals surface area (Å²) < 4.78 is 2.38. The van der Waals surface area contributed by atoms with Crippen molar-refractivity contribution in [3.05, 3.63) is 33.2 Å². The standard InChI is InChI=1S/C10H13BrN2O/c11-9-2-1-3-13(10(9)14)6-7-4-8(12)5-7/h1-3,7-8H,4-6,12H2. The Morgan fingerprint density at radius 2 is 2.29 bits per heavy atom. The zero-order chi connectivity index (χ0) is 10.1. The molecule has 1 aliphatic carbocycles. The van der Waals surface area contributed by atoms with Gasteiger partial charge in [0.25, 0.3) is 5.56 Å². The topological polar surface area (TPSA) is 48.0 Å². The van der Waals surface area contributed by atoms with Crippen molar-refractivity contribution in [2.24, 2.45) is 11.7 Å². The number of hydrogen-bond acceptors (Lipinski definition) is 2. The predicted molar refractivity (Wildman–Crippen MR) is 59.1 cm³/mol. The Labute approximate surface area is 91.0 Å². The minimum absolute atomic E-state index is 0.0490. The fourth-order valence-electron chi connectivity index (χ4n) is 1.87. The average Bonchev–Trinajstić information content (AvgIpc) is 2.10. The van der Waals surface area contributed by atoms with Gasteiger partial charge in [-0.25, -0.2) is 0 Å². The van der Waals surface area contributed by atoms with Gasteiger partial charge in [-0.05, 0) is 46.8 Å². The van der Waals surface area contributed by atoms with Gasteiger partial charge in [0.2, 0.25) is 0 Å². The van der Waals surface area contributed by atoms with Crippen LogP contribution in [0.25, 0.3) is 0 Å². The van der Waals surface area contributed by atoms with Gasteiger partial charge in [0.15, 0.2) is 0 Å². The van der Waals surface area contributed by atoms with Crippen LogP contribution in [0.3, 0.4) is 0 Å². The van der Waals surface area contributed by atoms with E-state index in [2.05, 4.69) is 15.9 Å². The molecule has 0 aromatic carbocycles. The molecule has 0 atom stereocenters. The van der Waals surface area contributed by atoms with E-state index in [1.807, 2.05) is 12.3 Å². The minimum atomic E-state index is 0.0490. The molecule has 1 saturated carbocycles. The summed E-state index contributed by atoms with van der Waals surface area (Å²) in [6, 6.07) is 4.00. The molecule has 1 aliphatic rings. The van der Waals surface area contributed by atoms with Crippen LogP contribution >= 0.6 is 15.9 Å². The maximum Gasteiger partial charge on any atom is 0.264 e. The number of pyridine rings is 1. The Kier molecular flexibility index (Phi) is 2.74. The van der Waals surface area contributed by atoms with Gasteiger partial charge in [0.05, 0.1) is 4.47 Å². The van der Waals surface area contributed by atoms with Crippen molar-refractivity contribution in [1.82, 2.24) is 4.57 Å². The number of halogens is 1. The summed E-state index contributed by atoms with van der Waals surface area (Å²) in [6.45, 7) is 0.798. The van der Waals surface area contributed by atoms with E-state index in [1.54, 1.807) is 10.6 Å². The highest BCUT2D eigenvalue weighted by molar-refractivity contribution is 9.10. The maximum absolute atomic E-state index is 11.6. The van der Waals surface area contributed by atoms with Gasteiger partial charge >= 0.3 is 0 Å². The van der Waals surface area contributed by atoms with Gasteiger partial charge in [0.1, 0.15) is 0 Å². The van der Waals surface area contributed by atoms with Crippen LogP contribution in [0.4, 0.5) is 0 Å². The third-order valence-corrected chi connectivity index (χ3v) is 3.30. The van der Waals surface area contributed by atoms with E-state index in [4.69, 9.17) is 5.73 Å². The number of nitrogens with zero attached hydrogens (tertiary/aromatic N) is 1. The third kappa shape index (κ3) is 1.91. The van der Waals surface area contributed by atoms with E-state index >= 15 is 0 Å². The molecule has 14 heavy (non-hydrogen) atoms. The summed E-state index contributed by atoms with van der Waals surface area (Å²) in [7, 11) is 0. The molecule has 0 spiro atoms. The first-order valence-corrected chi connectivity index (χ1v) is 5.56. The lowest BCUT2D eigenvalue weighted by atomic mass is 9.81. The second-order valence-corrected chi connectivity index (χ2v) is 4.77. The highest BCUT2D eigenvalue weighted by atomic mass is 79.9. The van der Waals surface area contributed by atoms with Crippen LogP contribution in [0.5, 0.6) is 0 Å². The molecule has 2 rings (SSSR count). The van der Waals surface area contributed by atoms with Crippen molar-refractivity contribution in [2.45, 2.75) is 25.4 Å². The molecule has 1 fully saturated rings. The summed E-state index contributed by atoms with van der Waals surface area (Å²) in [4.78, 5) is 11.6. The quantitative estimate of drug-likeness (QED) is 0.869. The van der Waals surface area contributed by atoms with Crippen LogP contribution in [-0.4, -0.2) is 10.6 Å². The van der Waals surface area contributed by atoms with Crippen molar-refractivity contribution in [1.29, 1.82) is 0 Å². The molecule has 0 aliphatic heterocycles. The highest BCUT2D eigenvalue weighted by Gasteiger charge is 2.26. The van der Waals surface area contributed by atoms with E-state index in [0.717, 1.165) is 19.4 Å². The van der Waals surface area contributed by atoms with E-state index < -0.39 is 0 Å². The first kappa shape index (κ1) is 9.93. The smallest absolute Gasteiger partial charge is 0.264 e. The van der Waals surface area contributed by atoms with E-state index in [9.17, 15) is 4.79 Å². The molecule has 0 unspecified atom stereocenters. The fourth-order valence-corrected chi connectivity index (χ4v) is 2.25. The average molecular weight is 257 g/mol. The molecular formula is C10H13BrN2O. The SMILES string of the molecule is NC1CC(Cn2cccc(Br)c2=O)C1. The van der Waals surface area contributed by atoms with Crippen molar-refractivity contribution < 1.29 is 0 Å². The second-order valence-electron chi connectivity index (χ2n) is 3.91. The van der Waals surface area contributed by atoms with Gasteiger partial charge < -0.3 is 10.3 Å². The van der Waals surface area contributed by atoms with E-state index in [0.29, 0.717) is 16.4 Å². The summed E-state index contributed by atoms with van der Waals surface area (Å²) in [5.74, 6) is 0.581. The first-order chi connectivity index (χ1) is 6.66. The molecule has 0 bridgehead atoms. The van der Waals surface area contributed by atoms with E-state index in [1.165, 1.54) is 0 Å². The van der Waals surface area contributed by atoms with Crippen LogP contribution < -0.4 is 11.3 Å².